The minimum Gasteiger partial charge on any atom is -0.390 e. The molecule has 0 radical (unpaired) electrons. The Morgan fingerprint density at radius 1 is 0.561 bits per heavy atom. The highest BCUT2D eigenvalue weighted by atomic mass is 32.2. The topological polar surface area (TPSA) is 311 Å². The quantitative estimate of drug-likeness (QED) is 0.0392. The number of hydrogen-bond donors (Lipinski definition) is 6. The molecule has 82 heavy (non-hydrogen) atoms. The van der Waals surface area contributed by atoms with Crippen LogP contribution in [0.4, 0.5) is 0 Å². The number of carbonyl (C=O) groups is 10. The SMILES string of the molecule is C/C=C/C[C@@H](C)CC(C(=O)N[C@@H](CC)C(=O)N(C)C(COS(C)(=O)=O)C(=O)N(C)[C@@H](CC(C)(C)O)C(=O)N[C@H](C(=O)N(C)[C@@H](CC(C)C)C(=O)N[C@H](C)C(=O)N[C@@H](C)C(=O)N(C)[C@@H](CC(C)C)C(=O)NC)C(C)C)N(C)C(=O)CC(C)C. The maximum absolute atomic E-state index is 14.8. The second-order valence-corrected chi connectivity index (χ2v) is 25.8. The zero-order valence-electron chi connectivity index (χ0n) is 53.3. The monoisotopic (exact) mass is 1180 g/mol. The van der Waals surface area contributed by atoms with E-state index in [0.29, 0.717) is 12.8 Å². The Balaban J connectivity index is 7.03. The third kappa shape index (κ3) is 25.4. The summed E-state index contributed by atoms with van der Waals surface area (Å²) in [5, 5.41) is 24.4. The van der Waals surface area contributed by atoms with Gasteiger partial charge in [0.2, 0.25) is 59.1 Å². The van der Waals surface area contributed by atoms with Crippen molar-refractivity contribution in [2.24, 2.45) is 29.6 Å². The van der Waals surface area contributed by atoms with E-state index in [9.17, 15) is 61.5 Å². The molecule has 2 unspecified atom stereocenters. The molecule has 0 aliphatic heterocycles. The summed E-state index contributed by atoms with van der Waals surface area (Å²) in [4.78, 5) is 145. The highest BCUT2D eigenvalue weighted by Gasteiger charge is 2.43. The zero-order valence-corrected chi connectivity index (χ0v) is 54.1. The molecule has 0 heterocycles. The summed E-state index contributed by atoms with van der Waals surface area (Å²) in [7, 11) is 3.99. The van der Waals surface area contributed by atoms with Crippen molar-refractivity contribution in [2.75, 3.05) is 55.1 Å². The Kier molecular flexibility index (Phi) is 32.4. The molecule has 0 saturated carbocycles. The standard InChI is InChI=1S/C57H104N10O14S/c1-23-25-26-37(11)30-43(63(17)46(68)29-35(7)8)51(72)61-40(24-2)54(75)67(21)45(32-81-82(22,79)80)55(76)66(20)44(31-57(14,15)78)52(73)62-47(36(9)10)56(77)65(19)42(28-34(5)6)50(71)59-38(12)48(69)60-39(13)53(74)64(18)41(27-33(3)4)49(70)58-16/h23,25,33-45,47,78H,24,26-32H2,1-22H3,(H,58,70)(H,59,71)(H,60,69)(H,61,72)(H,62,73)/b25-23+/t37-,38-,39+,40+,41+,42+,43?,44+,45?,47+/m1/s1. The first-order valence-corrected chi connectivity index (χ1v) is 30.3. The van der Waals surface area contributed by atoms with Crippen LogP contribution in [0, 0.1) is 29.6 Å². The number of carbonyl (C=O) groups excluding carboxylic acids is 10. The third-order valence-electron chi connectivity index (χ3n) is 14.1. The van der Waals surface area contributed by atoms with Gasteiger partial charge in [0.05, 0.1) is 18.5 Å². The van der Waals surface area contributed by atoms with Crippen LogP contribution in [0.5, 0.6) is 0 Å². The van der Waals surface area contributed by atoms with Crippen LogP contribution in [0.1, 0.15) is 149 Å². The van der Waals surface area contributed by atoms with Crippen molar-refractivity contribution in [1.29, 1.82) is 0 Å². The molecule has 0 spiro atoms. The molecule has 0 fully saturated rings. The maximum Gasteiger partial charge on any atom is 0.264 e. The van der Waals surface area contributed by atoms with Crippen molar-refractivity contribution in [3.63, 3.8) is 0 Å². The largest absolute Gasteiger partial charge is 0.390 e. The summed E-state index contributed by atoms with van der Waals surface area (Å²) in [6.07, 6.45) is 5.66. The summed E-state index contributed by atoms with van der Waals surface area (Å²) in [5.41, 5.74) is -1.65. The Hall–Kier alpha value is -5.69. The van der Waals surface area contributed by atoms with Crippen LogP contribution < -0.4 is 26.6 Å². The van der Waals surface area contributed by atoms with Crippen molar-refractivity contribution < 1.29 is 65.7 Å². The van der Waals surface area contributed by atoms with Gasteiger partial charge >= 0.3 is 0 Å². The molecule has 0 aliphatic carbocycles. The fourth-order valence-electron chi connectivity index (χ4n) is 9.08. The van der Waals surface area contributed by atoms with Crippen LogP contribution in [0.25, 0.3) is 0 Å². The van der Waals surface area contributed by atoms with Gasteiger partial charge in [-0.25, -0.2) is 0 Å². The van der Waals surface area contributed by atoms with Crippen molar-refractivity contribution in [1.82, 2.24) is 51.1 Å². The average Bonchev–Trinajstić information content (AvgIpc) is 3.37. The number of nitrogens with zero attached hydrogens (tertiary/aromatic N) is 5. The van der Waals surface area contributed by atoms with Gasteiger partial charge in [-0.1, -0.05) is 81.4 Å². The summed E-state index contributed by atoms with van der Waals surface area (Å²) >= 11 is 0. The summed E-state index contributed by atoms with van der Waals surface area (Å²) in [6, 6.07) is -11.3. The summed E-state index contributed by atoms with van der Waals surface area (Å²) in [5.74, 6) is -7.54. The number of likely N-dealkylation sites (N-methyl/N-ethyl adjacent to an activating group) is 6. The number of amides is 10. The van der Waals surface area contributed by atoms with Crippen LogP contribution in [-0.2, 0) is 62.2 Å². The van der Waals surface area contributed by atoms with Gasteiger partial charge in [-0.3, -0.25) is 52.1 Å². The zero-order chi connectivity index (χ0) is 64.1. The Labute approximate surface area is 489 Å². The normalized spacial score (nSPS) is 15.7. The predicted octanol–water partition coefficient (Wildman–Crippen LogP) is 2.18. The van der Waals surface area contributed by atoms with Gasteiger partial charge in [0, 0.05) is 55.1 Å². The summed E-state index contributed by atoms with van der Waals surface area (Å²) in [6.45, 7) is 24.6. The van der Waals surface area contributed by atoms with E-state index >= 15 is 0 Å². The molecule has 25 heteroatoms. The van der Waals surface area contributed by atoms with E-state index < -0.39 is 136 Å². The third-order valence-corrected chi connectivity index (χ3v) is 14.7. The van der Waals surface area contributed by atoms with E-state index in [-0.39, 0.29) is 61.2 Å². The van der Waals surface area contributed by atoms with Crippen LogP contribution in [0.15, 0.2) is 12.2 Å². The van der Waals surface area contributed by atoms with E-state index in [2.05, 4.69) is 26.6 Å². The van der Waals surface area contributed by atoms with Gasteiger partial charge in [-0.15, -0.1) is 0 Å². The molecule has 0 bridgehead atoms. The van der Waals surface area contributed by atoms with Gasteiger partial charge in [-0.05, 0) is 96.3 Å². The minimum atomic E-state index is -4.25. The lowest BCUT2D eigenvalue weighted by Gasteiger charge is -2.38. The van der Waals surface area contributed by atoms with Gasteiger partial charge in [0.15, 0.2) is 0 Å². The highest BCUT2D eigenvalue weighted by Crippen LogP contribution is 2.22. The number of hydrogen-bond acceptors (Lipinski definition) is 14. The van der Waals surface area contributed by atoms with E-state index in [4.69, 9.17) is 4.18 Å². The number of nitrogens with one attached hydrogen (secondary N) is 5. The molecule has 0 aromatic rings. The molecular weight excluding hydrogens is 1080 g/mol. The first-order chi connectivity index (χ1) is 37.6. The number of rotatable bonds is 35. The van der Waals surface area contributed by atoms with Gasteiger partial charge in [0.1, 0.15) is 54.4 Å². The number of allylic oxidation sites excluding steroid dienone is 2. The first-order valence-electron chi connectivity index (χ1n) is 28.5. The Bertz CT molecular complexity index is 2310. The van der Waals surface area contributed by atoms with Gasteiger partial charge in [0.25, 0.3) is 10.1 Å². The van der Waals surface area contributed by atoms with Crippen molar-refractivity contribution in [3.05, 3.63) is 12.2 Å². The van der Waals surface area contributed by atoms with Crippen LogP contribution in [-0.4, -0.2) is 212 Å². The fourth-order valence-corrected chi connectivity index (χ4v) is 9.45. The van der Waals surface area contributed by atoms with Gasteiger partial charge in [-0.2, -0.15) is 8.42 Å². The minimum absolute atomic E-state index is 0.000953. The van der Waals surface area contributed by atoms with Gasteiger partial charge < -0.3 is 56.2 Å². The molecule has 0 aliphatic rings. The lowest BCUT2D eigenvalue weighted by Crippen LogP contribution is -2.62. The molecule has 24 nitrogen and oxygen atoms in total. The lowest BCUT2D eigenvalue weighted by atomic mass is 9.95. The molecule has 0 saturated heterocycles. The van der Waals surface area contributed by atoms with Crippen molar-refractivity contribution in [3.8, 4) is 0 Å². The molecule has 472 valence electrons. The van der Waals surface area contributed by atoms with E-state index in [1.165, 1.54) is 79.8 Å². The van der Waals surface area contributed by atoms with E-state index in [1.54, 1.807) is 20.8 Å². The number of aliphatic hydroxyl groups is 1. The van der Waals surface area contributed by atoms with Crippen LogP contribution in [0.2, 0.25) is 0 Å². The lowest BCUT2D eigenvalue weighted by molar-refractivity contribution is -0.152. The Morgan fingerprint density at radius 2 is 1.01 bits per heavy atom. The molecule has 0 aromatic carbocycles. The van der Waals surface area contributed by atoms with Crippen molar-refractivity contribution >= 4 is 69.2 Å². The predicted molar refractivity (Wildman–Crippen MR) is 314 cm³/mol. The molecule has 0 rings (SSSR count). The molecule has 6 N–H and O–H groups in total. The fraction of sp³-hybridized carbons (Fsp3) is 0.789. The smallest absolute Gasteiger partial charge is 0.264 e. The molecule has 10 amide bonds. The second-order valence-electron chi connectivity index (χ2n) is 24.2. The Morgan fingerprint density at radius 3 is 1.46 bits per heavy atom. The van der Waals surface area contributed by atoms with Crippen molar-refractivity contribution in [2.45, 2.75) is 209 Å². The second kappa shape index (κ2) is 34.8. The molecule has 0 aromatic heterocycles. The summed E-state index contributed by atoms with van der Waals surface area (Å²) < 4.78 is 30.0. The van der Waals surface area contributed by atoms with E-state index in [0.717, 1.165) is 21.0 Å². The first kappa shape index (κ1) is 76.3. The van der Waals surface area contributed by atoms with Crippen LogP contribution in [0.3, 0.4) is 0 Å². The molecule has 10 atom stereocenters. The average molecular weight is 1190 g/mol. The van der Waals surface area contributed by atoms with Crippen LogP contribution >= 0.6 is 0 Å². The molecular formula is C57H104N10O14S. The maximum atomic E-state index is 14.8. The highest BCUT2D eigenvalue weighted by molar-refractivity contribution is 7.86. The van der Waals surface area contributed by atoms with E-state index in [1.807, 2.05) is 67.5 Å².